The standard InChI is InChI=1S/C21H28FN5/c1-3-4-5-16(14(9-23)10-24)18-8-15(22)6-7-17(18)20-13(2)12-27-21(26)19(20)11-25/h5,9-12,15,23,25H,3-4,6-8,24H2,1-2H3,(H2,26,27)/b14-10+,16-5+,23-9?,25-11?. The number of anilines is 1. The van der Waals surface area contributed by atoms with E-state index in [2.05, 4.69) is 11.9 Å². The van der Waals surface area contributed by atoms with Crippen LogP contribution in [0.5, 0.6) is 0 Å². The molecule has 27 heavy (non-hydrogen) atoms. The number of nitrogens with two attached hydrogens (primary N) is 2. The van der Waals surface area contributed by atoms with Gasteiger partial charge < -0.3 is 22.3 Å². The summed E-state index contributed by atoms with van der Waals surface area (Å²) in [7, 11) is 0. The number of nitrogens with zero attached hydrogens (tertiary/aromatic N) is 1. The third-order valence-electron chi connectivity index (χ3n) is 4.89. The number of nitrogens with one attached hydrogen (secondary N) is 2. The third-order valence-corrected chi connectivity index (χ3v) is 4.89. The second-order valence-corrected chi connectivity index (χ2v) is 6.73. The van der Waals surface area contributed by atoms with Crippen LogP contribution in [-0.2, 0) is 0 Å². The molecule has 0 bridgehead atoms. The van der Waals surface area contributed by atoms with E-state index in [4.69, 9.17) is 22.3 Å². The summed E-state index contributed by atoms with van der Waals surface area (Å²) in [6.45, 7) is 3.99. The molecule has 1 aliphatic rings. The molecule has 1 heterocycles. The Morgan fingerprint density at radius 1 is 1.41 bits per heavy atom. The van der Waals surface area contributed by atoms with Gasteiger partial charge in [-0.15, -0.1) is 0 Å². The van der Waals surface area contributed by atoms with Crippen LogP contribution in [0.25, 0.3) is 5.57 Å². The van der Waals surface area contributed by atoms with Crippen LogP contribution in [0.4, 0.5) is 10.2 Å². The van der Waals surface area contributed by atoms with E-state index in [1.165, 1.54) is 18.6 Å². The molecule has 0 amide bonds. The van der Waals surface area contributed by atoms with E-state index in [1.54, 1.807) is 6.20 Å². The van der Waals surface area contributed by atoms with Crippen molar-refractivity contribution in [1.82, 2.24) is 4.98 Å². The molecule has 6 N–H and O–H groups in total. The molecule has 1 aromatic rings. The molecule has 0 spiro atoms. The zero-order valence-electron chi connectivity index (χ0n) is 16.0. The van der Waals surface area contributed by atoms with Gasteiger partial charge in [-0.05, 0) is 54.0 Å². The van der Waals surface area contributed by atoms with Gasteiger partial charge in [-0.25, -0.2) is 9.37 Å². The van der Waals surface area contributed by atoms with E-state index in [-0.39, 0.29) is 6.42 Å². The lowest BCUT2D eigenvalue weighted by Gasteiger charge is -2.27. The van der Waals surface area contributed by atoms with Crippen molar-refractivity contribution in [3.8, 4) is 0 Å². The number of allylic oxidation sites excluding steroid dienone is 5. The highest BCUT2D eigenvalue weighted by Crippen LogP contribution is 2.41. The van der Waals surface area contributed by atoms with Gasteiger partial charge in [-0.1, -0.05) is 19.4 Å². The maximum absolute atomic E-state index is 14.4. The van der Waals surface area contributed by atoms with Crippen molar-refractivity contribution < 1.29 is 4.39 Å². The zero-order chi connectivity index (χ0) is 20.0. The summed E-state index contributed by atoms with van der Waals surface area (Å²) < 4.78 is 14.4. The number of aromatic nitrogens is 1. The zero-order valence-corrected chi connectivity index (χ0v) is 16.0. The fourth-order valence-electron chi connectivity index (χ4n) is 3.55. The van der Waals surface area contributed by atoms with Gasteiger partial charge >= 0.3 is 0 Å². The molecule has 0 aliphatic heterocycles. The van der Waals surface area contributed by atoms with E-state index < -0.39 is 6.17 Å². The Kier molecular flexibility index (Phi) is 7.05. The maximum atomic E-state index is 14.4. The van der Waals surface area contributed by atoms with Crippen LogP contribution in [0, 0.1) is 17.7 Å². The summed E-state index contributed by atoms with van der Waals surface area (Å²) in [6.07, 6.45) is 9.56. The lowest BCUT2D eigenvalue weighted by Crippen LogP contribution is -2.16. The average molecular weight is 369 g/mol. The molecule has 1 aliphatic carbocycles. The van der Waals surface area contributed by atoms with Crippen LogP contribution < -0.4 is 11.5 Å². The lowest BCUT2D eigenvalue weighted by atomic mass is 9.79. The molecule has 1 aromatic heterocycles. The predicted octanol–water partition coefficient (Wildman–Crippen LogP) is 4.46. The first-order valence-electron chi connectivity index (χ1n) is 9.23. The molecule has 1 unspecified atom stereocenters. The first-order valence-corrected chi connectivity index (χ1v) is 9.23. The summed E-state index contributed by atoms with van der Waals surface area (Å²) in [5, 5.41) is 15.5. The van der Waals surface area contributed by atoms with Gasteiger partial charge in [0, 0.05) is 42.4 Å². The molecular formula is C21H28FN5. The second kappa shape index (κ2) is 9.26. The summed E-state index contributed by atoms with van der Waals surface area (Å²) in [5.41, 5.74) is 17.3. The number of alkyl halides is 1. The van der Waals surface area contributed by atoms with Gasteiger partial charge in [0.05, 0.1) is 0 Å². The fraction of sp³-hybridized carbons (Fsp3) is 0.381. The molecule has 144 valence electrons. The van der Waals surface area contributed by atoms with Crippen molar-refractivity contribution in [1.29, 1.82) is 10.8 Å². The first kappa shape index (κ1) is 20.6. The average Bonchev–Trinajstić information content (AvgIpc) is 2.67. The predicted molar refractivity (Wildman–Crippen MR) is 111 cm³/mol. The number of hydrogen-bond acceptors (Lipinski definition) is 5. The number of aryl methyl sites for hydroxylation is 1. The minimum Gasteiger partial charge on any atom is -0.404 e. The van der Waals surface area contributed by atoms with Crippen molar-refractivity contribution in [3.05, 3.63) is 51.9 Å². The van der Waals surface area contributed by atoms with E-state index in [0.717, 1.165) is 40.7 Å². The molecule has 0 fully saturated rings. The molecular weight excluding hydrogens is 341 g/mol. The van der Waals surface area contributed by atoms with Crippen LogP contribution in [-0.4, -0.2) is 23.6 Å². The van der Waals surface area contributed by atoms with E-state index >= 15 is 0 Å². The molecule has 0 radical (unpaired) electrons. The van der Waals surface area contributed by atoms with E-state index in [1.807, 2.05) is 13.0 Å². The summed E-state index contributed by atoms with van der Waals surface area (Å²) in [5.74, 6) is 0.292. The highest BCUT2D eigenvalue weighted by molar-refractivity contribution is 5.95. The highest BCUT2D eigenvalue weighted by atomic mass is 19.1. The van der Waals surface area contributed by atoms with Crippen LogP contribution >= 0.6 is 0 Å². The number of unbranched alkanes of at least 4 members (excludes halogenated alkanes) is 1. The monoisotopic (exact) mass is 369 g/mol. The molecule has 2 rings (SSSR count). The van der Waals surface area contributed by atoms with Crippen LogP contribution in [0.2, 0.25) is 0 Å². The summed E-state index contributed by atoms with van der Waals surface area (Å²) in [4.78, 5) is 4.15. The normalized spacial score (nSPS) is 18.6. The molecule has 0 saturated carbocycles. The summed E-state index contributed by atoms with van der Waals surface area (Å²) >= 11 is 0. The van der Waals surface area contributed by atoms with E-state index in [9.17, 15) is 4.39 Å². The second-order valence-electron chi connectivity index (χ2n) is 6.73. The van der Waals surface area contributed by atoms with Gasteiger partial charge in [0.2, 0.25) is 0 Å². The number of halogens is 1. The Bertz CT molecular complexity index is 820. The molecule has 0 saturated heterocycles. The lowest BCUT2D eigenvalue weighted by molar-refractivity contribution is 0.309. The Labute approximate surface area is 160 Å². The SMILES string of the molecule is CCC/C=C(C1=C(c2c(C)cnc(N)c2C=N)CCC(F)C1)\C(C=N)=C\N. The quantitative estimate of drug-likeness (QED) is 0.420. The number of pyridine rings is 1. The maximum Gasteiger partial charge on any atom is 0.132 e. The van der Waals surface area contributed by atoms with Crippen LogP contribution in [0.3, 0.4) is 0 Å². The number of nitrogen functional groups attached to an aromatic ring is 1. The topological polar surface area (TPSA) is 113 Å². The highest BCUT2D eigenvalue weighted by Gasteiger charge is 2.27. The Morgan fingerprint density at radius 2 is 2.15 bits per heavy atom. The fourth-order valence-corrected chi connectivity index (χ4v) is 3.55. The Hall–Kier alpha value is -2.76. The minimum atomic E-state index is -0.943. The number of rotatable bonds is 7. The largest absolute Gasteiger partial charge is 0.404 e. The van der Waals surface area contributed by atoms with Gasteiger partial charge in [-0.3, -0.25) is 0 Å². The Balaban J connectivity index is 2.82. The van der Waals surface area contributed by atoms with Crippen molar-refractivity contribution in [2.24, 2.45) is 5.73 Å². The van der Waals surface area contributed by atoms with Gasteiger partial charge in [0.15, 0.2) is 0 Å². The first-order chi connectivity index (χ1) is 13.0. The van der Waals surface area contributed by atoms with Crippen molar-refractivity contribution in [2.45, 2.75) is 52.1 Å². The summed E-state index contributed by atoms with van der Waals surface area (Å²) in [6, 6.07) is 0. The van der Waals surface area contributed by atoms with Crippen LogP contribution in [0.1, 0.15) is 55.7 Å². The number of hydrogen-bond donors (Lipinski definition) is 4. The molecule has 6 heteroatoms. The van der Waals surface area contributed by atoms with Gasteiger partial charge in [0.1, 0.15) is 12.0 Å². The molecule has 1 atom stereocenters. The molecule has 0 aromatic carbocycles. The van der Waals surface area contributed by atoms with Crippen molar-refractivity contribution in [3.63, 3.8) is 0 Å². The Morgan fingerprint density at radius 3 is 2.74 bits per heavy atom. The van der Waals surface area contributed by atoms with Crippen molar-refractivity contribution in [2.75, 3.05) is 5.73 Å². The van der Waals surface area contributed by atoms with Crippen molar-refractivity contribution >= 4 is 23.8 Å². The van der Waals surface area contributed by atoms with Gasteiger partial charge in [-0.2, -0.15) is 0 Å². The smallest absolute Gasteiger partial charge is 0.132 e. The third kappa shape index (κ3) is 4.32. The van der Waals surface area contributed by atoms with Crippen LogP contribution in [0.15, 0.2) is 35.2 Å². The minimum absolute atomic E-state index is 0.259. The van der Waals surface area contributed by atoms with E-state index in [0.29, 0.717) is 29.8 Å². The molecule has 5 nitrogen and oxygen atoms in total. The van der Waals surface area contributed by atoms with Gasteiger partial charge in [0.25, 0.3) is 0 Å².